The van der Waals surface area contributed by atoms with E-state index in [4.69, 9.17) is 10.5 Å². The van der Waals surface area contributed by atoms with Gasteiger partial charge in [0.25, 0.3) is 0 Å². The van der Waals surface area contributed by atoms with Crippen molar-refractivity contribution in [3.8, 4) is 0 Å². The highest BCUT2D eigenvalue weighted by molar-refractivity contribution is 5.20. The summed E-state index contributed by atoms with van der Waals surface area (Å²) < 4.78 is 5.10. The van der Waals surface area contributed by atoms with E-state index in [2.05, 4.69) is 0 Å². The van der Waals surface area contributed by atoms with Crippen LogP contribution in [0.25, 0.3) is 0 Å². The Labute approximate surface area is 67.0 Å². The molecule has 11 heavy (non-hydrogen) atoms. The molecule has 60 valence electrons. The van der Waals surface area contributed by atoms with Crippen LogP contribution in [0.4, 0.5) is 0 Å². The Morgan fingerprint density at radius 2 is 1.82 bits per heavy atom. The van der Waals surface area contributed by atoms with Gasteiger partial charge in [0.1, 0.15) is 5.72 Å². The number of hydrogen-bond donors (Lipinski definition) is 1. The SMILES string of the molecule is CO[C@](C)(N)c1ccccc1. The molecule has 1 aromatic rings. The molecule has 0 bridgehead atoms. The van der Waals surface area contributed by atoms with Gasteiger partial charge in [0.15, 0.2) is 0 Å². The fourth-order valence-electron chi connectivity index (χ4n) is 0.887. The van der Waals surface area contributed by atoms with E-state index in [9.17, 15) is 0 Å². The van der Waals surface area contributed by atoms with E-state index in [0.717, 1.165) is 5.56 Å². The van der Waals surface area contributed by atoms with Crippen LogP contribution in [-0.4, -0.2) is 7.11 Å². The molecule has 0 fully saturated rings. The molecule has 2 heteroatoms. The molecule has 1 atom stereocenters. The van der Waals surface area contributed by atoms with Gasteiger partial charge in [0.05, 0.1) is 0 Å². The zero-order valence-electron chi connectivity index (χ0n) is 6.87. The van der Waals surface area contributed by atoms with Gasteiger partial charge >= 0.3 is 0 Å². The zero-order valence-corrected chi connectivity index (χ0v) is 6.87. The number of benzene rings is 1. The maximum absolute atomic E-state index is 5.82. The molecule has 0 aliphatic carbocycles. The van der Waals surface area contributed by atoms with Gasteiger partial charge in [0.2, 0.25) is 0 Å². The van der Waals surface area contributed by atoms with Crippen LogP contribution >= 0.6 is 0 Å². The van der Waals surface area contributed by atoms with Crippen LogP contribution in [0.5, 0.6) is 0 Å². The van der Waals surface area contributed by atoms with Crippen LogP contribution in [0.3, 0.4) is 0 Å². The predicted octanol–water partition coefficient (Wildman–Crippen LogP) is 1.46. The molecule has 1 aromatic carbocycles. The Morgan fingerprint density at radius 3 is 2.27 bits per heavy atom. The summed E-state index contributed by atoms with van der Waals surface area (Å²) in [6.45, 7) is 1.84. The number of nitrogens with two attached hydrogens (primary N) is 1. The van der Waals surface area contributed by atoms with E-state index < -0.39 is 5.72 Å². The van der Waals surface area contributed by atoms with Crippen molar-refractivity contribution in [3.05, 3.63) is 35.9 Å². The highest BCUT2D eigenvalue weighted by atomic mass is 16.5. The van der Waals surface area contributed by atoms with Gasteiger partial charge in [-0.1, -0.05) is 30.3 Å². The van der Waals surface area contributed by atoms with Crippen molar-refractivity contribution in [3.63, 3.8) is 0 Å². The van der Waals surface area contributed by atoms with E-state index in [1.54, 1.807) is 7.11 Å². The second-order valence-corrected chi connectivity index (χ2v) is 2.68. The lowest BCUT2D eigenvalue weighted by Crippen LogP contribution is -2.34. The van der Waals surface area contributed by atoms with Crippen LogP contribution in [0, 0.1) is 0 Å². The molecule has 0 saturated carbocycles. The molecule has 0 heterocycles. The molecule has 1 rings (SSSR count). The first-order valence-electron chi connectivity index (χ1n) is 3.56. The molecule has 0 aromatic heterocycles. The number of hydrogen-bond acceptors (Lipinski definition) is 2. The monoisotopic (exact) mass is 151 g/mol. The van der Waals surface area contributed by atoms with Crippen LogP contribution in [0.2, 0.25) is 0 Å². The van der Waals surface area contributed by atoms with Crippen molar-refractivity contribution in [2.24, 2.45) is 5.73 Å². The minimum absolute atomic E-state index is 0.665. The van der Waals surface area contributed by atoms with E-state index in [-0.39, 0.29) is 0 Å². The van der Waals surface area contributed by atoms with Gasteiger partial charge in [-0.25, -0.2) is 0 Å². The Kier molecular flexibility index (Phi) is 2.27. The van der Waals surface area contributed by atoms with Crippen LogP contribution in [0.15, 0.2) is 30.3 Å². The quantitative estimate of drug-likeness (QED) is 0.649. The molecule has 0 spiro atoms. The van der Waals surface area contributed by atoms with Gasteiger partial charge in [-0.05, 0) is 12.5 Å². The first-order chi connectivity index (χ1) is 5.17. The lowest BCUT2D eigenvalue weighted by molar-refractivity contribution is 0.00769. The summed E-state index contributed by atoms with van der Waals surface area (Å²) in [5.41, 5.74) is 6.14. The fraction of sp³-hybridized carbons (Fsp3) is 0.333. The summed E-state index contributed by atoms with van der Waals surface area (Å²) in [4.78, 5) is 0. The standard InChI is InChI=1S/C9H13NO/c1-9(10,11-2)8-6-4-3-5-7-8/h3-7H,10H2,1-2H3/t9-/m0/s1. The third-order valence-corrected chi connectivity index (χ3v) is 1.77. The van der Waals surface area contributed by atoms with Gasteiger partial charge in [-0.2, -0.15) is 0 Å². The normalized spacial score (nSPS) is 15.9. The second kappa shape index (κ2) is 3.03. The maximum atomic E-state index is 5.82. The average molecular weight is 151 g/mol. The van der Waals surface area contributed by atoms with Crippen LogP contribution < -0.4 is 5.73 Å². The van der Waals surface area contributed by atoms with Crippen LogP contribution in [0.1, 0.15) is 12.5 Å². The number of ether oxygens (including phenoxy) is 1. The van der Waals surface area contributed by atoms with Gasteiger partial charge < -0.3 is 4.74 Å². The Morgan fingerprint density at radius 1 is 1.27 bits per heavy atom. The highest BCUT2D eigenvalue weighted by Gasteiger charge is 2.18. The largest absolute Gasteiger partial charge is 0.360 e. The third-order valence-electron chi connectivity index (χ3n) is 1.77. The summed E-state index contributed by atoms with van der Waals surface area (Å²) in [7, 11) is 1.60. The first-order valence-corrected chi connectivity index (χ1v) is 3.56. The van der Waals surface area contributed by atoms with E-state index in [1.807, 2.05) is 37.3 Å². The summed E-state index contributed by atoms with van der Waals surface area (Å²) >= 11 is 0. The van der Waals surface area contributed by atoms with Crippen LogP contribution in [-0.2, 0) is 10.5 Å². The van der Waals surface area contributed by atoms with Gasteiger partial charge in [-0.3, -0.25) is 5.73 Å². The Bertz CT molecular complexity index is 218. The lowest BCUT2D eigenvalue weighted by atomic mass is 10.1. The maximum Gasteiger partial charge on any atom is 0.139 e. The molecule has 0 saturated heterocycles. The van der Waals surface area contributed by atoms with Crippen molar-refractivity contribution >= 4 is 0 Å². The van der Waals surface area contributed by atoms with Gasteiger partial charge in [-0.15, -0.1) is 0 Å². The minimum atomic E-state index is -0.665. The number of methoxy groups -OCH3 is 1. The molecule has 2 nitrogen and oxygen atoms in total. The molecule has 2 N–H and O–H groups in total. The van der Waals surface area contributed by atoms with Crippen molar-refractivity contribution < 1.29 is 4.74 Å². The molecule has 0 amide bonds. The predicted molar refractivity (Wildman–Crippen MR) is 45.0 cm³/mol. The molecule has 0 aliphatic rings. The van der Waals surface area contributed by atoms with Crippen molar-refractivity contribution in [2.75, 3.05) is 7.11 Å². The molecule has 0 radical (unpaired) electrons. The average Bonchev–Trinajstić information content (AvgIpc) is 2.06. The third kappa shape index (κ3) is 1.79. The molecule has 0 aliphatic heterocycles. The van der Waals surface area contributed by atoms with E-state index in [0.29, 0.717) is 0 Å². The number of rotatable bonds is 2. The molecular formula is C9H13NO. The lowest BCUT2D eigenvalue weighted by Gasteiger charge is -2.22. The molecule has 0 unspecified atom stereocenters. The summed E-state index contributed by atoms with van der Waals surface area (Å²) in [5, 5.41) is 0. The van der Waals surface area contributed by atoms with E-state index in [1.165, 1.54) is 0 Å². The second-order valence-electron chi connectivity index (χ2n) is 2.68. The van der Waals surface area contributed by atoms with Crippen molar-refractivity contribution in [1.82, 2.24) is 0 Å². The Balaban J connectivity index is 2.93. The topological polar surface area (TPSA) is 35.2 Å². The van der Waals surface area contributed by atoms with E-state index >= 15 is 0 Å². The molecular weight excluding hydrogens is 138 g/mol. The summed E-state index contributed by atoms with van der Waals surface area (Å²) in [6.07, 6.45) is 0. The highest BCUT2D eigenvalue weighted by Crippen LogP contribution is 2.16. The minimum Gasteiger partial charge on any atom is -0.360 e. The first kappa shape index (κ1) is 8.24. The fourth-order valence-corrected chi connectivity index (χ4v) is 0.887. The van der Waals surface area contributed by atoms with Gasteiger partial charge in [0, 0.05) is 7.11 Å². The summed E-state index contributed by atoms with van der Waals surface area (Å²) in [6, 6.07) is 9.74. The van der Waals surface area contributed by atoms with Crippen molar-refractivity contribution in [2.45, 2.75) is 12.6 Å². The van der Waals surface area contributed by atoms with Crippen molar-refractivity contribution in [1.29, 1.82) is 0 Å². The summed E-state index contributed by atoms with van der Waals surface area (Å²) in [5.74, 6) is 0. The zero-order chi connectivity index (χ0) is 8.32. The smallest absolute Gasteiger partial charge is 0.139 e. The Hall–Kier alpha value is -0.860.